The van der Waals surface area contributed by atoms with Gasteiger partial charge in [0.05, 0.1) is 19.1 Å². The van der Waals surface area contributed by atoms with Crippen LogP contribution in [0.2, 0.25) is 0 Å². The number of hydrogen-bond acceptors (Lipinski definition) is 3. The van der Waals surface area contributed by atoms with Crippen LogP contribution in [0.3, 0.4) is 0 Å². The molecule has 3 atom stereocenters. The fraction of sp³-hybridized carbons (Fsp3) is 0.941. The van der Waals surface area contributed by atoms with Crippen LogP contribution in [0.5, 0.6) is 0 Å². The lowest BCUT2D eigenvalue weighted by Crippen LogP contribution is -2.48. The molecule has 124 valence electrons. The predicted octanol–water partition coefficient (Wildman–Crippen LogP) is 1.55. The van der Waals surface area contributed by atoms with Crippen molar-refractivity contribution in [3.8, 4) is 0 Å². The summed E-state index contributed by atoms with van der Waals surface area (Å²) in [5.41, 5.74) is 0. The number of fused-ring (bicyclic) bond motifs is 1. The Bertz CT molecular complexity index is 421. The van der Waals surface area contributed by atoms with Gasteiger partial charge in [-0.05, 0) is 43.4 Å². The third-order valence-electron chi connectivity index (χ3n) is 5.98. The minimum absolute atomic E-state index is 0.000820. The first kappa shape index (κ1) is 14.9. The fourth-order valence-electron chi connectivity index (χ4n) is 4.46. The van der Waals surface area contributed by atoms with Crippen LogP contribution in [0, 0.1) is 23.7 Å². The lowest BCUT2D eigenvalue weighted by molar-refractivity contribution is -0.145. The minimum atomic E-state index is -0.722. The van der Waals surface area contributed by atoms with E-state index in [1.165, 1.54) is 19.4 Å². The summed E-state index contributed by atoms with van der Waals surface area (Å²) >= 11 is 0. The minimum Gasteiger partial charge on any atom is -0.380 e. The molecule has 0 aromatic rings. The van der Waals surface area contributed by atoms with Crippen LogP contribution in [-0.4, -0.2) is 67.8 Å². The Kier molecular flexibility index (Phi) is 4.11. The largest absolute Gasteiger partial charge is 0.380 e. The van der Waals surface area contributed by atoms with Gasteiger partial charge in [0.1, 0.15) is 6.17 Å². The normalized spacial score (nSPS) is 37.3. The fourth-order valence-corrected chi connectivity index (χ4v) is 4.46. The average Bonchev–Trinajstić information content (AvgIpc) is 3.23. The predicted molar refractivity (Wildman–Crippen MR) is 81.2 cm³/mol. The molecule has 1 saturated carbocycles. The van der Waals surface area contributed by atoms with E-state index in [1.54, 1.807) is 0 Å². The summed E-state index contributed by atoms with van der Waals surface area (Å²) in [7, 11) is 0. The highest BCUT2D eigenvalue weighted by atomic mass is 19.1. The van der Waals surface area contributed by atoms with Crippen molar-refractivity contribution in [3.63, 3.8) is 0 Å². The second-order valence-electron chi connectivity index (χ2n) is 7.73. The van der Waals surface area contributed by atoms with Crippen molar-refractivity contribution in [2.45, 2.75) is 31.9 Å². The second-order valence-corrected chi connectivity index (χ2v) is 7.73. The van der Waals surface area contributed by atoms with E-state index >= 15 is 0 Å². The maximum Gasteiger partial charge on any atom is 0.228 e. The molecule has 0 N–H and O–H groups in total. The van der Waals surface area contributed by atoms with Gasteiger partial charge in [-0.1, -0.05) is 0 Å². The van der Waals surface area contributed by atoms with Crippen LogP contribution >= 0.6 is 0 Å². The maximum absolute atomic E-state index is 13.3. The molecule has 1 aliphatic carbocycles. The Hall–Kier alpha value is -0.680. The van der Waals surface area contributed by atoms with Gasteiger partial charge in [0, 0.05) is 32.7 Å². The molecule has 4 nitrogen and oxygen atoms in total. The molecular weight excluding hydrogens is 283 g/mol. The van der Waals surface area contributed by atoms with Crippen LogP contribution in [0.4, 0.5) is 4.39 Å². The number of hydrogen-bond donors (Lipinski definition) is 0. The number of likely N-dealkylation sites (tertiary alicyclic amines) is 2. The highest BCUT2D eigenvalue weighted by Crippen LogP contribution is 2.38. The zero-order valence-electron chi connectivity index (χ0n) is 13.3. The van der Waals surface area contributed by atoms with Crippen molar-refractivity contribution in [1.29, 1.82) is 0 Å². The maximum atomic E-state index is 13.3. The summed E-state index contributed by atoms with van der Waals surface area (Å²) in [6.45, 7) is 5.90. The van der Waals surface area contributed by atoms with Gasteiger partial charge in [-0.25, -0.2) is 4.39 Å². The monoisotopic (exact) mass is 310 g/mol. The van der Waals surface area contributed by atoms with Gasteiger partial charge in [0.15, 0.2) is 0 Å². The van der Waals surface area contributed by atoms with Gasteiger partial charge in [-0.2, -0.15) is 0 Å². The number of piperidine rings is 1. The molecule has 4 fully saturated rings. The Morgan fingerprint density at radius 1 is 1.09 bits per heavy atom. The van der Waals surface area contributed by atoms with Crippen LogP contribution in [-0.2, 0) is 9.53 Å². The average molecular weight is 310 g/mol. The van der Waals surface area contributed by atoms with E-state index in [1.807, 2.05) is 4.90 Å². The standard InChI is InChI=1S/C17H27FN2O2/c18-14-3-5-20(6-4-14)17(21)16-11-22-10-13-8-19(9-15(13)16)7-12-1-2-12/h12-16H,1-11H2/t13-,15-,16-/m1/s1. The molecule has 0 radical (unpaired) electrons. The summed E-state index contributed by atoms with van der Waals surface area (Å²) in [6, 6.07) is 0. The van der Waals surface area contributed by atoms with Crippen LogP contribution in [0.25, 0.3) is 0 Å². The van der Waals surface area contributed by atoms with Crippen molar-refractivity contribution < 1.29 is 13.9 Å². The Morgan fingerprint density at radius 3 is 2.59 bits per heavy atom. The number of carbonyl (C=O) groups excluding carboxylic acids is 1. The molecule has 22 heavy (non-hydrogen) atoms. The number of halogens is 1. The number of rotatable bonds is 3. The molecule has 0 spiro atoms. The quantitative estimate of drug-likeness (QED) is 0.793. The van der Waals surface area contributed by atoms with Gasteiger partial charge in [0.2, 0.25) is 5.91 Å². The van der Waals surface area contributed by atoms with E-state index in [0.29, 0.717) is 44.4 Å². The van der Waals surface area contributed by atoms with Crippen molar-refractivity contribution >= 4 is 5.91 Å². The lowest BCUT2D eigenvalue weighted by atomic mass is 9.81. The highest BCUT2D eigenvalue weighted by Gasteiger charge is 2.46. The Balaban J connectivity index is 1.39. The Morgan fingerprint density at radius 2 is 1.86 bits per heavy atom. The molecule has 0 aromatic carbocycles. The third-order valence-corrected chi connectivity index (χ3v) is 5.98. The zero-order valence-corrected chi connectivity index (χ0v) is 13.3. The summed E-state index contributed by atoms with van der Waals surface area (Å²) in [5.74, 6) is 2.08. The number of ether oxygens (including phenoxy) is 1. The molecular formula is C17H27FN2O2. The van der Waals surface area contributed by atoms with E-state index in [2.05, 4.69) is 4.90 Å². The van der Waals surface area contributed by atoms with E-state index in [9.17, 15) is 9.18 Å². The second kappa shape index (κ2) is 6.08. The van der Waals surface area contributed by atoms with Gasteiger partial charge >= 0.3 is 0 Å². The van der Waals surface area contributed by atoms with Crippen LogP contribution < -0.4 is 0 Å². The van der Waals surface area contributed by atoms with Crippen molar-refractivity contribution in [2.24, 2.45) is 23.7 Å². The Labute approximate surface area is 132 Å². The molecule has 3 saturated heterocycles. The van der Waals surface area contributed by atoms with E-state index < -0.39 is 6.17 Å². The molecule has 3 heterocycles. The van der Waals surface area contributed by atoms with Gasteiger partial charge in [0.25, 0.3) is 0 Å². The van der Waals surface area contributed by atoms with Gasteiger partial charge in [-0.15, -0.1) is 0 Å². The molecule has 1 amide bonds. The van der Waals surface area contributed by atoms with Crippen molar-refractivity contribution in [1.82, 2.24) is 9.80 Å². The molecule has 3 aliphatic heterocycles. The summed E-state index contributed by atoms with van der Waals surface area (Å²) in [4.78, 5) is 17.3. The molecule has 4 aliphatic rings. The van der Waals surface area contributed by atoms with E-state index in [0.717, 1.165) is 25.6 Å². The van der Waals surface area contributed by atoms with Gasteiger partial charge in [-0.3, -0.25) is 4.79 Å². The SMILES string of the molecule is O=C([C@@H]1COC[C@H]2CN(CC3CC3)C[C@H]21)N1CCC(F)CC1. The molecule has 4 rings (SSSR count). The molecule has 5 heteroatoms. The van der Waals surface area contributed by atoms with Crippen molar-refractivity contribution in [2.75, 3.05) is 45.9 Å². The molecule has 0 bridgehead atoms. The zero-order chi connectivity index (χ0) is 15.1. The first-order valence-corrected chi connectivity index (χ1v) is 8.93. The summed E-state index contributed by atoms with van der Waals surface area (Å²) in [5, 5.41) is 0. The first-order valence-electron chi connectivity index (χ1n) is 8.93. The topological polar surface area (TPSA) is 32.8 Å². The van der Waals surface area contributed by atoms with Crippen LogP contribution in [0.15, 0.2) is 0 Å². The third kappa shape index (κ3) is 3.02. The molecule has 0 aromatic heterocycles. The smallest absolute Gasteiger partial charge is 0.228 e. The highest BCUT2D eigenvalue weighted by molar-refractivity contribution is 5.79. The first-order chi connectivity index (χ1) is 10.7. The van der Waals surface area contributed by atoms with Crippen molar-refractivity contribution in [3.05, 3.63) is 0 Å². The summed E-state index contributed by atoms with van der Waals surface area (Å²) < 4.78 is 19.0. The number of nitrogens with zero attached hydrogens (tertiary/aromatic N) is 2. The lowest BCUT2D eigenvalue weighted by Gasteiger charge is -2.37. The summed E-state index contributed by atoms with van der Waals surface area (Å²) in [6.07, 6.45) is 3.04. The molecule has 0 unspecified atom stereocenters. The van der Waals surface area contributed by atoms with E-state index in [4.69, 9.17) is 4.74 Å². The number of amides is 1. The van der Waals surface area contributed by atoms with Crippen LogP contribution in [0.1, 0.15) is 25.7 Å². The number of alkyl halides is 1. The van der Waals surface area contributed by atoms with Gasteiger partial charge < -0.3 is 14.5 Å². The van der Waals surface area contributed by atoms with E-state index in [-0.39, 0.29) is 11.8 Å². The number of carbonyl (C=O) groups is 1.